The highest BCUT2D eigenvalue weighted by Gasteiger charge is 2.16. The lowest BCUT2D eigenvalue weighted by Gasteiger charge is -2.23. The first-order chi connectivity index (χ1) is 6.70. The fraction of sp³-hybridized carbons (Fsp3) is 0.909. The quantitative estimate of drug-likeness (QED) is 0.754. The van der Waals surface area contributed by atoms with Crippen LogP contribution in [0.15, 0.2) is 0 Å². The number of ether oxygens (including phenoxy) is 1. The summed E-state index contributed by atoms with van der Waals surface area (Å²) in [5.41, 5.74) is 6.05. The van der Waals surface area contributed by atoms with Crippen LogP contribution in [0, 0.1) is 5.41 Å². The molecule has 0 spiro atoms. The van der Waals surface area contributed by atoms with Gasteiger partial charge in [-0.05, 0) is 25.7 Å². The highest BCUT2D eigenvalue weighted by atomic mass is 16.6. The van der Waals surface area contributed by atoms with E-state index >= 15 is 0 Å². The van der Waals surface area contributed by atoms with Crippen LogP contribution in [0.3, 0.4) is 0 Å². The molecule has 0 aromatic rings. The van der Waals surface area contributed by atoms with Crippen molar-refractivity contribution in [3.05, 3.63) is 0 Å². The van der Waals surface area contributed by atoms with E-state index < -0.39 is 6.09 Å². The van der Waals surface area contributed by atoms with Crippen LogP contribution in [0.1, 0.15) is 41.0 Å². The summed E-state index contributed by atoms with van der Waals surface area (Å²) in [5, 5.41) is 2.65. The molecule has 0 aromatic heterocycles. The van der Waals surface area contributed by atoms with E-state index in [1.165, 1.54) is 0 Å². The van der Waals surface area contributed by atoms with Crippen molar-refractivity contribution in [1.82, 2.24) is 5.32 Å². The number of carbonyl (C=O) groups is 1. The van der Waals surface area contributed by atoms with Crippen LogP contribution in [0.25, 0.3) is 0 Å². The SMILES string of the molecule is CC(C)OC(=O)NCC(N)CC(C)(C)C. The second-order valence-corrected chi connectivity index (χ2v) is 5.36. The molecule has 0 rings (SSSR count). The van der Waals surface area contributed by atoms with Crippen molar-refractivity contribution in [2.75, 3.05) is 6.54 Å². The summed E-state index contributed by atoms with van der Waals surface area (Å²) >= 11 is 0. The molecule has 0 bridgehead atoms. The Labute approximate surface area is 92.6 Å². The van der Waals surface area contributed by atoms with Gasteiger partial charge < -0.3 is 15.8 Å². The molecule has 0 fully saturated rings. The number of rotatable bonds is 4. The maximum atomic E-state index is 11.1. The normalized spacial score (nSPS) is 13.8. The molecule has 4 nitrogen and oxygen atoms in total. The van der Waals surface area contributed by atoms with Gasteiger partial charge in [0, 0.05) is 12.6 Å². The second kappa shape index (κ2) is 5.95. The average molecular weight is 216 g/mol. The number of hydrogen-bond donors (Lipinski definition) is 2. The van der Waals surface area contributed by atoms with E-state index in [1.54, 1.807) is 0 Å². The Bertz CT molecular complexity index is 197. The molecule has 0 aliphatic carbocycles. The van der Waals surface area contributed by atoms with E-state index in [1.807, 2.05) is 13.8 Å². The molecule has 4 heteroatoms. The number of carbonyl (C=O) groups excluding carboxylic acids is 1. The summed E-state index contributed by atoms with van der Waals surface area (Å²) in [6, 6.07) is -0.0234. The van der Waals surface area contributed by atoms with Crippen molar-refractivity contribution >= 4 is 6.09 Å². The standard InChI is InChI=1S/C11H24N2O2/c1-8(2)15-10(14)13-7-9(12)6-11(3,4)5/h8-9H,6-7,12H2,1-5H3,(H,13,14). The summed E-state index contributed by atoms with van der Waals surface area (Å²) in [5.74, 6) is 0. The summed E-state index contributed by atoms with van der Waals surface area (Å²) in [7, 11) is 0. The van der Waals surface area contributed by atoms with Gasteiger partial charge in [0.1, 0.15) is 0 Å². The Hall–Kier alpha value is -0.770. The molecule has 1 amide bonds. The molecule has 1 unspecified atom stereocenters. The fourth-order valence-corrected chi connectivity index (χ4v) is 1.33. The molecule has 0 aliphatic rings. The lowest BCUT2D eigenvalue weighted by molar-refractivity contribution is 0.114. The predicted molar refractivity (Wildman–Crippen MR) is 61.7 cm³/mol. The number of alkyl carbamates (subject to hydrolysis) is 1. The van der Waals surface area contributed by atoms with E-state index in [0.29, 0.717) is 6.54 Å². The van der Waals surface area contributed by atoms with Crippen molar-refractivity contribution in [1.29, 1.82) is 0 Å². The zero-order valence-electron chi connectivity index (χ0n) is 10.5. The number of amides is 1. The molecule has 0 saturated carbocycles. The first-order valence-electron chi connectivity index (χ1n) is 5.41. The van der Waals surface area contributed by atoms with Gasteiger partial charge in [0.2, 0.25) is 0 Å². The summed E-state index contributed by atoms with van der Waals surface area (Å²) in [4.78, 5) is 11.1. The lowest BCUT2D eigenvalue weighted by Crippen LogP contribution is -2.40. The van der Waals surface area contributed by atoms with Crippen LogP contribution in [0.2, 0.25) is 0 Å². The molecule has 0 aromatic carbocycles. The Kier molecular flexibility index (Phi) is 5.65. The van der Waals surface area contributed by atoms with Gasteiger partial charge in [0.05, 0.1) is 6.10 Å². The van der Waals surface area contributed by atoms with Crippen molar-refractivity contribution in [3.63, 3.8) is 0 Å². The van der Waals surface area contributed by atoms with E-state index in [4.69, 9.17) is 10.5 Å². The molecule has 0 saturated heterocycles. The number of nitrogens with two attached hydrogens (primary N) is 1. The minimum atomic E-state index is -0.394. The van der Waals surface area contributed by atoms with E-state index in [9.17, 15) is 4.79 Å². The molecule has 0 radical (unpaired) electrons. The Morgan fingerprint density at radius 2 is 1.93 bits per heavy atom. The Morgan fingerprint density at radius 3 is 2.33 bits per heavy atom. The second-order valence-electron chi connectivity index (χ2n) is 5.36. The number of hydrogen-bond acceptors (Lipinski definition) is 3. The third-order valence-electron chi connectivity index (χ3n) is 1.73. The minimum Gasteiger partial charge on any atom is -0.447 e. The van der Waals surface area contributed by atoms with Crippen LogP contribution in [-0.4, -0.2) is 24.8 Å². The predicted octanol–water partition coefficient (Wildman–Crippen LogP) is 1.88. The van der Waals surface area contributed by atoms with E-state index in [2.05, 4.69) is 26.1 Å². The van der Waals surface area contributed by atoms with Crippen LogP contribution in [0.5, 0.6) is 0 Å². The zero-order valence-corrected chi connectivity index (χ0v) is 10.5. The third kappa shape index (κ3) is 9.53. The average Bonchev–Trinajstić information content (AvgIpc) is 1.96. The van der Waals surface area contributed by atoms with Crippen LogP contribution < -0.4 is 11.1 Å². The van der Waals surface area contributed by atoms with Gasteiger partial charge in [-0.1, -0.05) is 20.8 Å². The molecule has 90 valence electrons. The van der Waals surface area contributed by atoms with E-state index in [-0.39, 0.29) is 17.6 Å². The van der Waals surface area contributed by atoms with Gasteiger partial charge >= 0.3 is 6.09 Å². The lowest BCUT2D eigenvalue weighted by atomic mass is 9.88. The molecule has 0 heterocycles. The van der Waals surface area contributed by atoms with Crippen LogP contribution in [0.4, 0.5) is 4.79 Å². The topological polar surface area (TPSA) is 64.3 Å². The van der Waals surface area contributed by atoms with Crippen LogP contribution in [-0.2, 0) is 4.74 Å². The molecule has 3 N–H and O–H groups in total. The molecule has 15 heavy (non-hydrogen) atoms. The highest BCUT2D eigenvalue weighted by molar-refractivity contribution is 5.67. The first-order valence-corrected chi connectivity index (χ1v) is 5.41. The van der Waals surface area contributed by atoms with Gasteiger partial charge in [0.25, 0.3) is 0 Å². The maximum Gasteiger partial charge on any atom is 0.407 e. The Morgan fingerprint density at radius 1 is 1.40 bits per heavy atom. The first kappa shape index (κ1) is 14.2. The third-order valence-corrected chi connectivity index (χ3v) is 1.73. The van der Waals surface area contributed by atoms with Crippen molar-refractivity contribution in [3.8, 4) is 0 Å². The maximum absolute atomic E-state index is 11.1. The minimum absolute atomic E-state index is 0.0234. The largest absolute Gasteiger partial charge is 0.447 e. The highest BCUT2D eigenvalue weighted by Crippen LogP contribution is 2.19. The Balaban J connectivity index is 3.71. The summed E-state index contributed by atoms with van der Waals surface area (Å²) in [6.45, 7) is 10.5. The summed E-state index contributed by atoms with van der Waals surface area (Å²) < 4.78 is 4.93. The van der Waals surface area contributed by atoms with E-state index in [0.717, 1.165) is 6.42 Å². The monoisotopic (exact) mass is 216 g/mol. The van der Waals surface area contributed by atoms with Crippen molar-refractivity contribution < 1.29 is 9.53 Å². The van der Waals surface area contributed by atoms with Crippen LogP contribution >= 0.6 is 0 Å². The number of nitrogens with one attached hydrogen (secondary N) is 1. The zero-order chi connectivity index (χ0) is 12.1. The van der Waals surface area contributed by atoms with Gasteiger partial charge in [-0.2, -0.15) is 0 Å². The molecular weight excluding hydrogens is 192 g/mol. The van der Waals surface area contributed by atoms with Gasteiger partial charge in [-0.3, -0.25) is 0 Å². The van der Waals surface area contributed by atoms with Crippen molar-refractivity contribution in [2.45, 2.75) is 53.2 Å². The molecule has 0 aliphatic heterocycles. The smallest absolute Gasteiger partial charge is 0.407 e. The van der Waals surface area contributed by atoms with Gasteiger partial charge in [-0.15, -0.1) is 0 Å². The summed E-state index contributed by atoms with van der Waals surface area (Å²) in [6.07, 6.45) is 0.382. The molecular formula is C11H24N2O2. The van der Waals surface area contributed by atoms with Gasteiger partial charge in [-0.25, -0.2) is 4.79 Å². The molecule has 1 atom stereocenters. The van der Waals surface area contributed by atoms with Gasteiger partial charge in [0.15, 0.2) is 0 Å². The van der Waals surface area contributed by atoms with Crippen molar-refractivity contribution in [2.24, 2.45) is 11.1 Å². The fourth-order valence-electron chi connectivity index (χ4n) is 1.33.